The monoisotopic (exact) mass is 368 g/mol. The van der Waals surface area contributed by atoms with Gasteiger partial charge in [0, 0.05) is 0 Å². The molecule has 0 unspecified atom stereocenters. The molecule has 0 N–H and O–H groups in total. The van der Waals surface area contributed by atoms with Crippen molar-refractivity contribution in [3.8, 4) is 11.1 Å². The smallest absolute Gasteiger partial charge is 0.0671 e. The molecule has 3 aromatic rings. The number of nitrogens with zero attached hydrogens (tertiary/aromatic N) is 2. The number of benzene rings is 3. The lowest BCUT2D eigenvalue weighted by Gasteiger charge is -2.19. The molecular formula is C26H28N2. The molecule has 0 saturated carbocycles. The normalized spacial score (nSPS) is 12.9. The quantitative estimate of drug-likeness (QED) is 0.354. The summed E-state index contributed by atoms with van der Waals surface area (Å²) < 4.78 is 0. The van der Waals surface area contributed by atoms with Gasteiger partial charge in [0.25, 0.3) is 0 Å². The van der Waals surface area contributed by atoms with Gasteiger partial charge in [-0.05, 0) is 47.1 Å². The molecule has 28 heavy (non-hydrogen) atoms. The Morgan fingerprint density at radius 1 is 0.571 bits per heavy atom. The van der Waals surface area contributed by atoms with E-state index < -0.39 is 0 Å². The van der Waals surface area contributed by atoms with Crippen molar-refractivity contribution in [2.75, 3.05) is 0 Å². The molecule has 0 radical (unpaired) electrons. The Hall–Kier alpha value is -3.00. The first-order chi connectivity index (χ1) is 13.3. The van der Waals surface area contributed by atoms with Crippen LogP contribution < -0.4 is 0 Å². The van der Waals surface area contributed by atoms with Crippen LogP contribution in [0.25, 0.3) is 11.1 Å². The Morgan fingerprint density at radius 2 is 1.00 bits per heavy atom. The van der Waals surface area contributed by atoms with E-state index in [-0.39, 0.29) is 5.41 Å². The van der Waals surface area contributed by atoms with Gasteiger partial charge in [0.1, 0.15) is 0 Å². The van der Waals surface area contributed by atoms with Gasteiger partial charge in [-0.15, -0.1) is 0 Å². The summed E-state index contributed by atoms with van der Waals surface area (Å²) in [5, 5.41) is 8.90. The molecule has 0 bridgehead atoms. The Bertz CT molecular complexity index is 971. The first-order valence-corrected chi connectivity index (χ1v) is 9.70. The standard InChI is InChI=1S/C26H28N2/c1-19(21-11-13-24(14-12-21)23-9-7-6-8-10-23)27-28-20(2)22-15-17-25(18-16-22)26(3,4)5/h6-18H,1-5H3/b27-19+,28-20+. The van der Waals surface area contributed by atoms with Gasteiger partial charge in [-0.25, -0.2) is 0 Å². The summed E-state index contributed by atoms with van der Waals surface area (Å²) in [6, 6.07) is 27.4. The molecule has 0 aromatic heterocycles. The minimum Gasteiger partial charge on any atom is -0.155 e. The van der Waals surface area contributed by atoms with E-state index in [4.69, 9.17) is 0 Å². The van der Waals surface area contributed by atoms with E-state index >= 15 is 0 Å². The Labute approximate surface area is 168 Å². The molecule has 3 aromatic carbocycles. The van der Waals surface area contributed by atoms with Crippen LogP contribution in [-0.4, -0.2) is 11.4 Å². The lowest BCUT2D eigenvalue weighted by molar-refractivity contribution is 0.590. The zero-order valence-corrected chi connectivity index (χ0v) is 17.4. The Morgan fingerprint density at radius 3 is 1.46 bits per heavy atom. The summed E-state index contributed by atoms with van der Waals surface area (Å²) in [4.78, 5) is 0. The van der Waals surface area contributed by atoms with Crippen LogP contribution in [0.3, 0.4) is 0 Å². The maximum Gasteiger partial charge on any atom is 0.0671 e. The van der Waals surface area contributed by atoms with Crippen molar-refractivity contribution < 1.29 is 0 Å². The van der Waals surface area contributed by atoms with E-state index in [1.165, 1.54) is 16.7 Å². The van der Waals surface area contributed by atoms with Crippen LogP contribution in [-0.2, 0) is 5.41 Å². The van der Waals surface area contributed by atoms with Crippen LogP contribution in [0.4, 0.5) is 0 Å². The summed E-state index contributed by atoms with van der Waals surface area (Å²) in [5.41, 5.74) is 7.91. The molecule has 0 saturated heterocycles. The van der Waals surface area contributed by atoms with E-state index in [1.807, 2.05) is 19.9 Å². The molecule has 0 spiro atoms. The van der Waals surface area contributed by atoms with Crippen LogP contribution in [0, 0.1) is 0 Å². The van der Waals surface area contributed by atoms with Gasteiger partial charge in [0.2, 0.25) is 0 Å². The van der Waals surface area contributed by atoms with Crippen LogP contribution in [0.2, 0.25) is 0 Å². The van der Waals surface area contributed by atoms with Crippen molar-refractivity contribution in [1.82, 2.24) is 0 Å². The molecule has 0 aliphatic rings. The lowest BCUT2D eigenvalue weighted by Crippen LogP contribution is -2.11. The fourth-order valence-corrected chi connectivity index (χ4v) is 3.01. The minimum atomic E-state index is 0.157. The molecular weight excluding hydrogens is 340 g/mol. The molecule has 0 atom stereocenters. The number of hydrogen-bond acceptors (Lipinski definition) is 2. The first kappa shape index (κ1) is 19.8. The highest BCUT2D eigenvalue weighted by atomic mass is 15.2. The van der Waals surface area contributed by atoms with E-state index in [9.17, 15) is 0 Å². The molecule has 2 nitrogen and oxygen atoms in total. The third-order valence-corrected chi connectivity index (χ3v) is 4.93. The summed E-state index contributed by atoms with van der Waals surface area (Å²) in [6.07, 6.45) is 0. The lowest BCUT2D eigenvalue weighted by atomic mass is 9.86. The highest BCUT2D eigenvalue weighted by molar-refractivity contribution is 6.01. The number of hydrogen-bond donors (Lipinski definition) is 0. The molecule has 0 amide bonds. The van der Waals surface area contributed by atoms with Gasteiger partial charge in [0.05, 0.1) is 11.4 Å². The Kier molecular flexibility index (Phi) is 5.89. The maximum atomic E-state index is 4.45. The second-order valence-corrected chi connectivity index (χ2v) is 8.14. The van der Waals surface area contributed by atoms with Crippen LogP contribution >= 0.6 is 0 Å². The molecule has 0 fully saturated rings. The topological polar surface area (TPSA) is 24.7 Å². The molecule has 142 valence electrons. The fourth-order valence-electron chi connectivity index (χ4n) is 3.01. The number of rotatable bonds is 4. The molecule has 0 heterocycles. The van der Waals surface area contributed by atoms with Crippen molar-refractivity contribution >= 4 is 11.4 Å². The van der Waals surface area contributed by atoms with Crippen LogP contribution in [0.5, 0.6) is 0 Å². The average Bonchev–Trinajstić information content (AvgIpc) is 2.72. The van der Waals surface area contributed by atoms with Gasteiger partial charge in [-0.2, -0.15) is 10.2 Å². The van der Waals surface area contributed by atoms with E-state index in [1.54, 1.807) is 0 Å². The van der Waals surface area contributed by atoms with Gasteiger partial charge < -0.3 is 0 Å². The summed E-state index contributed by atoms with van der Waals surface area (Å²) >= 11 is 0. The maximum absolute atomic E-state index is 4.45. The third-order valence-electron chi connectivity index (χ3n) is 4.93. The predicted octanol–water partition coefficient (Wildman–Crippen LogP) is 6.88. The second kappa shape index (κ2) is 8.35. The predicted molar refractivity (Wildman–Crippen MR) is 121 cm³/mol. The van der Waals surface area contributed by atoms with E-state index in [0.717, 1.165) is 22.6 Å². The Balaban J connectivity index is 1.75. The minimum absolute atomic E-state index is 0.157. The summed E-state index contributed by atoms with van der Waals surface area (Å²) in [6.45, 7) is 10.7. The fraction of sp³-hybridized carbons (Fsp3) is 0.231. The third kappa shape index (κ3) is 4.83. The van der Waals surface area contributed by atoms with Gasteiger partial charge in [0.15, 0.2) is 0 Å². The van der Waals surface area contributed by atoms with E-state index in [0.29, 0.717) is 0 Å². The highest BCUT2D eigenvalue weighted by Crippen LogP contribution is 2.22. The molecule has 3 rings (SSSR count). The van der Waals surface area contributed by atoms with Crippen molar-refractivity contribution in [1.29, 1.82) is 0 Å². The zero-order chi connectivity index (χ0) is 20.1. The van der Waals surface area contributed by atoms with Crippen molar-refractivity contribution in [2.24, 2.45) is 10.2 Å². The van der Waals surface area contributed by atoms with Crippen LogP contribution in [0.15, 0.2) is 89.1 Å². The first-order valence-electron chi connectivity index (χ1n) is 9.70. The summed E-state index contributed by atoms with van der Waals surface area (Å²) in [7, 11) is 0. The van der Waals surface area contributed by atoms with Gasteiger partial charge in [-0.1, -0.05) is 99.6 Å². The molecule has 2 heteroatoms. The highest BCUT2D eigenvalue weighted by Gasteiger charge is 2.13. The van der Waals surface area contributed by atoms with Crippen molar-refractivity contribution in [3.63, 3.8) is 0 Å². The van der Waals surface area contributed by atoms with Gasteiger partial charge >= 0.3 is 0 Å². The SMILES string of the molecule is C/C(=N\N=C(/C)c1ccc(C(C)(C)C)cc1)c1ccc(-c2ccccc2)cc1. The zero-order valence-electron chi connectivity index (χ0n) is 17.4. The average molecular weight is 369 g/mol. The van der Waals surface area contributed by atoms with Gasteiger partial charge in [-0.3, -0.25) is 0 Å². The largest absolute Gasteiger partial charge is 0.155 e. The molecule has 0 aliphatic heterocycles. The molecule has 0 aliphatic carbocycles. The summed E-state index contributed by atoms with van der Waals surface area (Å²) in [5.74, 6) is 0. The van der Waals surface area contributed by atoms with Crippen LogP contribution in [0.1, 0.15) is 51.3 Å². The second-order valence-electron chi connectivity index (χ2n) is 8.14. The van der Waals surface area contributed by atoms with E-state index in [2.05, 4.69) is 104 Å². The van der Waals surface area contributed by atoms with Crippen molar-refractivity contribution in [3.05, 3.63) is 95.6 Å². The van der Waals surface area contributed by atoms with Crippen molar-refractivity contribution in [2.45, 2.75) is 40.0 Å².